The smallest absolute Gasteiger partial charge is 0.130 e. The molecule has 1 saturated carbocycles. The minimum Gasteiger partial charge on any atom is -0.326 e. The number of nitrogens with two attached hydrogens (primary N) is 1. The Morgan fingerprint density at radius 1 is 1.30 bits per heavy atom. The van der Waals surface area contributed by atoms with E-state index in [-0.39, 0.29) is 11.4 Å². The Morgan fingerprint density at radius 3 is 2.75 bits per heavy atom. The normalized spacial score (nSPS) is 18.6. The van der Waals surface area contributed by atoms with Gasteiger partial charge in [0.2, 0.25) is 0 Å². The molecular weight excluding hydrogens is 253 g/mol. The van der Waals surface area contributed by atoms with Crippen molar-refractivity contribution in [1.29, 1.82) is 0 Å². The van der Waals surface area contributed by atoms with Crippen molar-refractivity contribution < 1.29 is 4.39 Å². The molecule has 108 valence electrons. The Labute approximate surface area is 119 Å². The first kappa shape index (κ1) is 13.6. The van der Waals surface area contributed by atoms with Crippen molar-refractivity contribution >= 4 is 11.0 Å². The molecule has 0 aliphatic heterocycles. The highest BCUT2D eigenvalue weighted by molar-refractivity contribution is 5.76. The minimum absolute atomic E-state index is 0.212. The number of imidazole rings is 1. The van der Waals surface area contributed by atoms with Crippen LogP contribution in [-0.2, 0) is 12.1 Å². The lowest BCUT2D eigenvalue weighted by molar-refractivity contribution is 0.278. The number of aryl methyl sites for hydroxylation is 1. The Morgan fingerprint density at radius 2 is 2.05 bits per heavy atom. The van der Waals surface area contributed by atoms with Crippen LogP contribution >= 0.6 is 0 Å². The lowest BCUT2D eigenvalue weighted by Gasteiger charge is -2.33. The fourth-order valence-corrected chi connectivity index (χ4v) is 3.33. The van der Waals surface area contributed by atoms with Gasteiger partial charge in [0.05, 0.1) is 16.6 Å². The van der Waals surface area contributed by atoms with Crippen LogP contribution in [0, 0.1) is 5.82 Å². The summed E-state index contributed by atoms with van der Waals surface area (Å²) in [4.78, 5) is 4.74. The molecule has 1 aromatic carbocycles. The van der Waals surface area contributed by atoms with Gasteiger partial charge in [-0.05, 0) is 37.5 Å². The fraction of sp³-hybridized carbons (Fsp3) is 0.562. The summed E-state index contributed by atoms with van der Waals surface area (Å²) in [5.74, 6) is 0.732. The number of hydrogen-bond donors (Lipinski definition) is 1. The monoisotopic (exact) mass is 275 g/mol. The number of hydrogen-bond acceptors (Lipinski definition) is 2. The van der Waals surface area contributed by atoms with Crippen molar-refractivity contribution in [3.8, 4) is 0 Å². The van der Waals surface area contributed by atoms with Gasteiger partial charge in [-0.25, -0.2) is 9.37 Å². The quantitative estimate of drug-likeness (QED) is 0.928. The SMILES string of the molecule is CCCn1c(C2(N)CCCCC2)nc2ccc(F)cc21. The van der Waals surface area contributed by atoms with Crippen molar-refractivity contribution in [3.63, 3.8) is 0 Å². The van der Waals surface area contributed by atoms with Gasteiger partial charge in [-0.15, -0.1) is 0 Å². The zero-order chi connectivity index (χ0) is 14.2. The molecule has 3 rings (SSSR count). The van der Waals surface area contributed by atoms with Crippen molar-refractivity contribution in [2.45, 2.75) is 57.5 Å². The van der Waals surface area contributed by atoms with E-state index in [1.54, 1.807) is 12.1 Å². The summed E-state index contributed by atoms with van der Waals surface area (Å²) in [6, 6.07) is 4.81. The van der Waals surface area contributed by atoms with Crippen LogP contribution in [0.1, 0.15) is 51.3 Å². The van der Waals surface area contributed by atoms with Crippen LogP contribution in [0.15, 0.2) is 18.2 Å². The van der Waals surface area contributed by atoms with E-state index in [1.165, 1.54) is 12.5 Å². The van der Waals surface area contributed by atoms with Crippen LogP contribution in [0.2, 0.25) is 0 Å². The lowest BCUT2D eigenvalue weighted by atomic mass is 9.82. The van der Waals surface area contributed by atoms with Crippen LogP contribution in [0.4, 0.5) is 4.39 Å². The summed E-state index contributed by atoms with van der Waals surface area (Å²) in [6.07, 6.45) is 6.50. The zero-order valence-corrected chi connectivity index (χ0v) is 12.0. The molecule has 0 unspecified atom stereocenters. The maximum absolute atomic E-state index is 13.5. The summed E-state index contributed by atoms with van der Waals surface area (Å²) in [6.45, 7) is 2.97. The van der Waals surface area contributed by atoms with E-state index in [0.29, 0.717) is 0 Å². The van der Waals surface area contributed by atoms with Gasteiger partial charge < -0.3 is 10.3 Å². The fourth-order valence-electron chi connectivity index (χ4n) is 3.33. The third kappa shape index (κ3) is 2.22. The summed E-state index contributed by atoms with van der Waals surface area (Å²) >= 11 is 0. The molecule has 0 bridgehead atoms. The molecule has 0 saturated heterocycles. The van der Waals surface area contributed by atoms with Gasteiger partial charge in [-0.1, -0.05) is 26.2 Å². The highest BCUT2D eigenvalue weighted by atomic mass is 19.1. The molecule has 0 spiro atoms. The standard InChI is InChI=1S/C16H22FN3/c1-2-10-20-14-11-12(17)6-7-13(14)19-15(20)16(18)8-4-3-5-9-16/h6-7,11H,2-5,8-10,18H2,1H3. The average molecular weight is 275 g/mol. The number of halogens is 1. The van der Waals surface area contributed by atoms with E-state index in [1.807, 2.05) is 0 Å². The molecule has 1 heterocycles. The summed E-state index contributed by atoms with van der Waals surface area (Å²) < 4.78 is 15.7. The lowest BCUT2D eigenvalue weighted by Crippen LogP contribution is -2.41. The van der Waals surface area contributed by atoms with Gasteiger partial charge in [0, 0.05) is 6.54 Å². The second kappa shape index (κ2) is 5.17. The third-order valence-electron chi connectivity index (χ3n) is 4.35. The number of benzene rings is 1. The molecule has 3 nitrogen and oxygen atoms in total. The molecule has 1 aromatic heterocycles. The average Bonchev–Trinajstić information content (AvgIpc) is 2.79. The van der Waals surface area contributed by atoms with Crippen LogP contribution in [-0.4, -0.2) is 9.55 Å². The predicted molar refractivity (Wildman–Crippen MR) is 78.9 cm³/mol. The molecule has 2 aromatic rings. The van der Waals surface area contributed by atoms with Gasteiger partial charge in [-0.3, -0.25) is 0 Å². The molecule has 0 amide bonds. The minimum atomic E-state index is -0.344. The van der Waals surface area contributed by atoms with Crippen molar-refractivity contribution in [1.82, 2.24) is 9.55 Å². The number of nitrogens with zero attached hydrogens (tertiary/aromatic N) is 2. The second-order valence-electron chi connectivity index (χ2n) is 5.94. The van der Waals surface area contributed by atoms with E-state index < -0.39 is 0 Å². The summed E-state index contributed by atoms with van der Waals surface area (Å²) in [5.41, 5.74) is 8.02. The Kier molecular flexibility index (Phi) is 3.50. The molecule has 1 aliphatic rings. The number of aromatic nitrogens is 2. The molecule has 1 fully saturated rings. The maximum atomic E-state index is 13.5. The third-order valence-corrected chi connectivity index (χ3v) is 4.35. The molecule has 20 heavy (non-hydrogen) atoms. The van der Waals surface area contributed by atoms with Crippen LogP contribution in [0.3, 0.4) is 0 Å². The Balaban J connectivity index is 2.15. The molecular formula is C16H22FN3. The van der Waals surface area contributed by atoms with Crippen molar-refractivity contribution in [3.05, 3.63) is 29.8 Å². The Bertz CT molecular complexity index is 611. The number of rotatable bonds is 3. The molecule has 0 atom stereocenters. The van der Waals surface area contributed by atoms with Gasteiger partial charge in [0.15, 0.2) is 0 Å². The van der Waals surface area contributed by atoms with Crippen LogP contribution in [0.25, 0.3) is 11.0 Å². The van der Waals surface area contributed by atoms with Gasteiger partial charge in [0.25, 0.3) is 0 Å². The highest BCUT2D eigenvalue weighted by Gasteiger charge is 2.34. The van der Waals surface area contributed by atoms with E-state index in [0.717, 1.165) is 55.5 Å². The summed E-state index contributed by atoms with van der Waals surface area (Å²) in [7, 11) is 0. The second-order valence-corrected chi connectivity index (χ2v) is 5.94. The van der Waals surface area contributed by atoms with E-state index in [9.17, 15) is 4.39 Å². The van der Waals surface area contributed by atoms with Crippen LogP contribution < -0.4 is 5.73 Å². The Hall–Kier alpha value is -1.42. The van der Waals surface area contributed by atoms with Gasteiger partial charge in [0.1, 0.15) is 11.6 Å². The van der Waals surface area contributed by atoms with Gasteiger partial charge >= 0.3 is 0 Å². The van der Waals surface area contributed by atoms with Crippen molar-refractivity contribution in [2.75, 3.05) is 0 Å². The van der Waals surface area contributed by atoms with E-state index in [2.05, 4.69) is 11.5 Å². The van der Waals surface area contributed by atoms with Crippen LogP contribution in [0.5, 0.6) is 0 Å². The molecule has 0 radical (unpaired) electrons. The first-order valence-electron chi connectivity index (χ1n) is 7.59. The molecule has 1 aliphatic carbocycles. The van der Waals surface area contributed by atoms with E-state index in [4.69, 9.17) is 10.7 Å². The van der Waals surface area contributed by atoms with Crippen molar-refractivity contribution in [2.24, 2.45) is 5.73 Å². The molecule has 4 heteroatoms. The first-order chi connectivity index (χ1) is 9.64. The van der Waals surface area contributed by atoms with Gasteiger partial charge in [-0.2, -0.15) is 0 Å². The zero-order valence-electron chi connectivity index (χ0n) is 12.0. The van der Waals surface area contributed by atoms with E-state index >= 15 is 0 Å². The summed E-state index contributed by atoms with van der Waals surface area (Å²) in [5, 5.41) is 0. The largest absolute Gasteiger partial charge is 0.326 e. The molecule has 2 N–H and O–H groups in total. The number of fused-ring (bicyclic) bond motifs is 1. The predicted octanol–water partition coefficient (Wildman–Crippen LogP) is 3.70. The first-order valence-corrected chi connectivity index (χ1v) is 7.59. The maximum Gasteiger partial charge on any atom is 0.130 e. The highest BCUT2D eigenvalue weighted by Crippen LogP contribution is 2.36. The topological polar surface area (TPSA) is 43.8 Å².